The summed E-state index contributed by atoms with van der Waals surface area (Å²) in [6.07, 6.45) is -0.0364. The van der Waals surface area contributed by atoms with E-state index in [2.05, 4.69) is 25.2 Å². The SMILES string of the molecule is O=C(Nc1ccc(C2CCN(C(=O)c3cccc(OC(F)(F)F)c3)CC2)cc1)C1CN(c2ccnnc2)C1. The number of likely N-dealkylation sites (tertiary alicyclic amines) is 1. The summed E-state index contributed by atoms with van der Waals surface area (Å²) in [6, 6.07) is 14.8. The Hall–Kier alpha value is -4.15. The normalized spacial score (nSPS) is 16.6. The summed E-state index contributed by atoms with van der Waals surface area (Å²) in [5, 5.41) is 10.6. The fraction of sp³-hybridized carbons (Fsp3) is 0.333. The number of carbonyl (C=O) groups is 2. The molecule has 0 radical (unpaired) electrons. The highest BCUT2D eigenvalue weighted by Gasteiger charge is 2.33. The molecule has 5 rings (SSSR count). The third kappa shape index (κ3) is 6.04. The number of nitrogens with zero attached hydrogens (tertiary/aromatic N) is 4. The summed E-state index contributed by atoms with van der Waals surface area (Å²) < 4.78 is 41.4. The zero-order valence-electron chi connectivity index (χ0n) is 20.4. The quantitative estimate of drug-likeness (QED) is 0.511. The Bertz CT molecular complexity index is 1270. The van der Waals surface area contributed by atoms with Gasteiger partial charge in [0, 0.05) is 37.4 Å². The Balaban J connectivity index is 1.10. The number of halogens is 3. The largest absolute Gasteiger partial charge is 0.573 e. The summed E-state index contributed by atoms with van der Waals surface area (Å²) in [6.45, 7) is 2.26. The second kappa shape index (κ2) is 10.7. The van der Waals surface area contributed by atoms with Crippen LogP contribution in [0.5, 0.6) is 5.75 Å². The van der Waals surface area contributed by atoms with Crippen molar-refractivity contribution in [1.29, 1.82) is 0 Å². The van der Waals surface area contributed by atoms with E-state index in [9.17, 15) is 22.8 Å². The number of ether oxygens (including phenoxy) is 1. The number of piperidine rings is 1. The topological polar surface area (TPSA) is 87.7 Å². The average molecular weight is 526 g/mol. The lowest BCUT2D eigenvalue weighted by molar-refractivity contribution is -0.274. The third-order valence-corrected chi connectivity index (χ3v) is 6.93. The molecule has 1 aromatic heterocycles. The molecule has 38 heavy (non-hydrogen) atoms. The van der Waals surface area contributed by atoms with Crippen LogP contribution in [0.3, 0.4) is 0 Å². The summed E-state index contributed by atoms with van der Waals surface area (Å²) in [4.78, 5) is 29.2. The molecule has 2 amide bonds. The fourth-order valence-corrected chi connectivity index (χ4v) is 4.83. The molecule has 0 spiro atoms. The smallest absolute Gasteiger partial charge is 0.406 e. The number of aromatic nitrogens is 2. The molecular formula is C27H26F3N5O3. The number of carbonyl (C=O) groups excluding carboxylic acids is 2. The number of anilines is 2. The minimum atomic E-state index is -4.81. The van der Waals surface area contributed by atoms with Gasteiger partial charge in [-0.1, -0.05) is 18.2 Å². The predicted octanol–water partition coefficient (Wildman–Crippen LogP) is 4.47. The molecule has 1 N–H and O–H groups in total. The van der Waals surface area contributed by atoms with Gasteiger partial charge in [0.2, 0.25) is 5.91 Å². The molecule has 2 aromatic carbocycles. The Morgan fingerprint density at radius 3 is 2.37 bits per heavy atom. The Morgan fingerprint density at radius 1 is 0.974 bits per heavy atom. The lowest BCUT2D eigenvalue weighted by atomic mass is 9.89. The van der Waals surface area contributed by atoms with Gasteiger partial charge in [-0.3, -0.25) is 9.59 Å². The van der Waals surface area contributed by atoms with Gasteiger partial charge < -0.3 is 19.9 Å². The van der Waals surface area contributed by atoms with Crippen molar-refractivity contribution < 1.29 is 27.5 Å². The van der Waals surface area contributed by atoms with Crippen LogP contribution >= 0.6 is 0 Å². The molecule has 0 aliphatic carbocycles. The second-order valence-corrected chi connectivity index (χ2v) is 9.46. The van der Waals surface area contributed by atoms with Crippen LogP contribution in [0.25, 0.3) is 0 Å². The van der Waals surface area contributed by atoms with E-state index in [4.69, 9.17) is 0 Å². The molecular weight excluding hydrogens is 499 g/mol. The number of nitrogens with one attached hydrogen (secondary N) is 1. The lowest BCUT2D eigenvalue weighted by Crippen LogP contribution is -2.52. The summed E-state index contributed by atoms with van der Waals surface area (Å²) >= 11 is 0. The van der Waals surface area contributed by atoms with Gasteiger partial charge >= 0.3 is 6.36 Å². The van der Waals surface area contributed by atoms with Crippen LogP contribution in [-0.4, -0.2) is 59.5 Å². The van der Waals surface area contributed by atoms with E-state index in [0.717, 1.165) is 35.8 Å². The molecule has 0 unspecified atom stereocenters. The fourth-order valence-electron chi connectivity index (χ4n) is 4.83. The number of rotatable bonds is 6. The van der Waals surface area contributed by atoms with Crippen molar-refractivity contribution in [3.63, 3.8) is 0 Å². The van der Waals surface area contributed by atoms with Crippen LogP contribution < -0.4 is 15.0 Å². The highest BCUT2D eigenvalue weighted by molar-refractivity contribution is 5.95. The summed E-state index contributed by atoms with van der Waals surface area (Å²) in [5.41, 5.74) is 2.97. The molecule has 198 valence electrons. The van der Waals surface area contributed by atoms with Crippen molar-refractivity contribution in [2.45, 2.75) is 25.1 Å². The average Bonchev–Trinajstić information content (AvgIpc) is 2.88. The van der Waals surface area contributed by atoms with E-state index in [1.54, 1.807) is 17.3 Å². The maximum atomic E-state index is 12.8. The lowest BCUT2D eigenvalue weighted by Gasteiger charge is -2.39. The molecule has 0 saturated carbocycles. The van der Waals surface area contributed by atoms with Gasteiger partial charge in [-0.2, -0.15) is 10.2 Å². The van der Waals surface area contributed by atoms with Gasteiger partial charge in [0.15, 0.2) is 0 Å². The van der Waals surface area contributed by atoms with Crippen LogP contribution in [0.1, 0.15) is 34.7 Å². The van der Waals surface area contributed by atoms with E-state index in [0.29, 0.717) is 26.2 Å². The molecule has 2 fully saturated rings. The molecule has 3 heterocycles. The van der Waals surface area contributed by atoms with Crippen molar-refractivity contribution >= 4 is 23.2 Å². The van der Waals surface area contributed by atoms with Gasteiger partial charge in [-0.05, 0) is 60.7 Å². The molecule has 2 saturated heterocycles. The van der Waals surface area contributed by atoms with E-state index in [-0.39, 0.29) is 29.2 Å². The number of hydrogen-bond donors (Lipinski definition) is 1. The van der Waals surface area contributed by atoms with Crippen molar-refractivity contribution in [3.05, 3.63) is 78.1 Å². The number of benzene rings is 2. The molecule has 0 atom stereocenters. The first-order valence-electron chi connectivity index (χ1n) is 12.3. The van der Waals surface area contributed by atoms with Gasteiger partial charge in [0.1, 0.15) is 5.75 Å². The summed E-state index contributed by atoms with van der Waals surface area (Å²) in [5.74, 6) is -0.592. The van der Waals surface area contributed by atoms with Crippen molar-refractivity contribution in [1.82, 2.24) is 15.1 Å². The van der Waals surface area contributed by atoms with Gasteiger partial charge in [0.05, 0.1) is 24.0 Å². The van der Waals surface area contributed by atoms with Gasteiger partial charge in [-0.25, -0.2) is 0 Å². The van der Waals surface area contributed by atoms with Crippen LogP contribution in [-0.2, 0) is 4.79 Å². The molecule has 11 heteroatoms. The minimum Gasteiger partial charge on any atom is -0.406 e. The maximum absolute atomic E-state index is 12.8. The third-order valence-electron chi connectivity index (χ3n) is 6.93. The minimum absolute atomic E-state index is 0.0208. The first-order valence-corrected chi connectivity index (χ1v) is 12.3. The predicted molar refractivity (Wildman–Crippen MR) is 134 cm³/mol. The van der Waals surface area contributed by atoms with E-state index in [1.807, 2.05) is 30.3 Å². The van der Waals surface area contributed by atoms with Crippen molar-refractivity contribution in [3.8, 4) is 5.75 Å². The first-order chi connectivity index (χ1) is 18.2. The Labute approximate surface area is 217 Å². The first kappa shape index (κ1) is 25.5. The molecule has 3 aromatic rings. The van der Waals surface area contributed by atoms with E-state index >= 15 is 0 Å². The Morgan fingerprint density at radius 2 is 1.71 bits per heavy atom. The summed E-state index contributed by atoms with van der Waals surface area (Å²) in [7, 11) is 0. The van der Waals surface area contributed by atoms with Crippen molar-refractivity contribution in [2.24, 2.45) is 5.92 Å². The molecule has 2 aliphatic rings. The molecule has 0 bridgehead atoms. The highest BCUT2D eigenvalue weighted by Crippen LogP contribution is 2.31. The van der Waals surface area contributed by atoms with Crippen LogP contribution in [0.2, 0.25) is 0 Å². The monoisotopic (exact) mass is 525 g/mol. The molecule has 2 aliphatic heterocycles. The van der Waals surface area contributed by atoms with Crippen LogP contribution in [0, 0.1) is 5.92 Å². The van der Waals surface area contributed by atoms with Gasteiger partial charge in [-0.15, -0.1) is 13.2 Å². The van der Waals surface area contributed by atoms with Crippen LogP contribution in [0.15, 0.2) is 67.0 Å². The van der Waals surface area contributed by atoms with Crippen LogP contribution in [0.4, 0.5) is 24.5 Å². The van der Waals surface area contributed by atoms with Gasteiger partial charge in [0.25, 0.3) is 5.91 Å². The van der Waals surface area contributed by atoms with E-state index < -0.39 is 12.1 Å². The number of hydrogen-bond acceptors (Lipinski definition) is 6. The maximum Gasteiger partial charge on any atom is 0.573 e. The van der Waals surface area contributed by atoms with Crippen molar-refractivity contribution in [2.75, 3.05) is 36.4 Å². The zero-order valence-corrected chi connectivity index (χ0v) is 20.4. The number of amides is 2. The Kier molecular flexibility index (Phi) is 7.17. The molecule has 8 nitrogen and oxygen atoms in total. The zero-order chi connectivity index (χ0) is 26.7. The second-order valence-electron chi connectivity index (χ2n) is 9.46. The standard InChI is InChI=1S/C27H26F3N5O3/c28-27(29,30)38-24-3-1-2-20(14-24)26(37)34-12-9-19(10-13-34)18-4-6-22(7-5-18)33-25(36)21-16-35(17-21)23-8-11-31-32-15-23/h1-8,11,14-15,19,21H,9-10,12-13,16-17H2,(H,33,36). The van der Waals surface area contributed by atoms with E-state index in [1.165, 1.54) is 18.2 Å². The highest BCUT2D eigenvalue weighted by atomic mass is 19.4. The number of alkyl halides is 3.